The zero-order valence-corrected chi connectivity index (χ0v) is 17.1. The van der Waals surface area contributed by atoms with Crippen LogP contribution in [0, 0.1) is 11.6 Å². The Morgan fingerprint density at radius 3 is 2.68 bits per heavy atom. The first kappa shape index (κ1) is 20.9. The molecule has 0 saturated carbocycles. The smallest absolute Gasteiger partial charge is 0.262 e. The third kappa shape index (κ3) is 4.86. The lowest BCUT2D eigenvalue weighted by Crippen LogP contribution is -2.29. The topological polar surface area (TPSA) is 58.6 Å². The van der Waals surface area contributed by atoms with Crippen molar-refractivity contribution in [2.24, 2.45) is 0 Å². The summed E-state index contributed by atoms with van der Waals surface area (Å²) in [6, 6.07) is 18.9. The average molecular weight is 440 g/mol. The van der Waals surface area contributed by atoms with E-state index in [4.69, 9.17) is 4.74 Å². The second-order valence-corrected chi connectivity index (χ2v) is 7.87. The summed E-state index contributed by atoms with van der Waals surface area (Å²) in [6.45, 7) is -0.161. The van der Waals surface area contributed by atoms with Gasteiger partial charge in [-0.2, -0.15) is 0 Å². The Morgan fingerprint density at radius 2 is 1.87 bits per heavy atom. The molecule has 8 heteroatoms. The third-order valence-corrected chi connectivity index (χ3v) is 5.82. The Morgan fingerprint density at radius 1 is 1.06 bits per heavy atom. The van der Waals surface area contributed by atoms with Crippen molar-refractivity contribution >= 4 is 35.0 Å². The number of ether oxygens (including phenoxy) is 1. The number of hydrogen-bond donors (Lipinski definition) is 1. The van der Waals surface area contributed by atoms with Crippen LogP contribution in [0.5, 0.6) is 5.75 Å². The van der Waals surface area contributed by atoms with Crippen molar-refractivity contribution in [2.75, 3.05) is 22.6 Å². The summed E-state index contributed by atoms with van der Waals surface area (Å²) in [5.74, 6) is -1.24. The number of para-hydroxylation sites is 1. The Labute approximate surface area is 182 Å². The lowest BCUT2D eigenvalue weighted by atomic mass is 10.1. The van der Waals surface area contributed by atoms with Crippen LogP contribution in [-0.2, 0) is 9.59 Å². The van der Waals surface area contributed by atoms with Crippen LogP contribution in [-0.4, -0.2) is 24.2 Å². The van der Waals surface area contributed by atoms with Gasteiger partial charge in [0.05, 0.1) is 11.4 Å². The number of carbonyl (C=O) groups is 2. The van der Waals surface area contributed by atoms with Crippen molar-refractivity contribution < 1.29 is 23.1 Å². The molecule has 158 valence electrons. The summed E-state index contributed by atoms with van der Waals surface area (Å²) in [6.07, 6.45) is 0. The van der Waals surface area contributed by atoms with Crippen molar-refractivity contribution in [3.05, 3.63) is 90.0 Å². The predicted octanol–water partition coefficient (Wildman–Crippen LogP) is 4.76. The van der Waals surface area contributed by atoms with E-state index in [0.29, 0.717) is 17.0 Å². The minimum Gasteiger partial charge on any atom is -0.484 e. The summed E-state index contributed by atoms with van der Waals surface area (Å²) >= 11 is 1.31. The second kappa shape index (κ2) is 9.18. The van der Waals surface area contributed by atoms with E-state index in [0.717, 1.165) is 18.2 Å². The molecule has 3 aromatic rings. The normalized spacial score (nSPS) is 15.7. The van der Waals surface area contributed by atoms with Crippen molar-refractivity contribution in [3.63, 3.8) is 0 Å². The van der Waals surface area contributed by atoms with E-state index < -0.39 is 17.0 Å². The Hall–Kier alpha value is -3.39. The van der Waals surface area contributed by atoms with Gasteiger partial charge in [0.2, 0.25) is 5.91 Å². The molecule has 0 radical (unpaired) electrons. The van der Waals surface area contributed by atoms with Crippen LogP contribution < -0.4 is 15.0 Å². The van der Waals surface area contributed by atoms with Crippen LogP contribution in [0.4, 0.5) is 20.2 Å². The van der Waals surface area contributed by atoms with Gasteiger partial charge in [0.15, 0.2) is 6.61 Å². The molecular weight excluding hydrogens is 422 g/mol. The molecule has 31 heavy (non-hydrogen) atoms. The Bertz CT molecular complexity index is 1110. The monoisotopic (exact) mass is 440 g/mol. The van der Waals surface area contributed by atoms with Gasteiger partial charge in [-0.15, -0.1) is 11.8 Å². The number of amides is 2. The quantitative estimate of drug-likeness (QED) is 0.601. The maximum absolute atomic E-state index is 14.3. The van der Waals surface area contributed by atoms with E-state index in [-0.39, 0.29) is 29.9 Å². The number of thioether (sulfide) groups is 1. The zero-order valence-electron chi connectivity index (χ0n) is 16.3. The molecule has 1 unspecified atom stereocenters. The van der Waals surface area contributed by atoms with E-state index in [2.05, 4.69) is 5.32 Å². The molecule has 0 aromatic heterocycles. The Kier molecular flexibility index (Phi) is 6.18. The van der Waals surface area contributed by atoms with E-state index in [1.165, 1.54) is 16.7 Å². The first-order valence-electron chi connectivity index (χ1n) is 9.47. The molecule has 2 amide bonds. The maximum atomic E-state index is 14.3. The van der Waals surface area contributed by atoms with Gasteiger partial charge in [-0.1, -0.05) is 30.3 Å². The highest BCUT2D eigenvalue weighted by atomic mass is 32.2. The molecule has 1 heterocycles. The molecule has 1 atom stereocenters. The van der Waals surface area contributed by atoms with E-state index in [1.54, 1.807) is 36.4 Å². The van der Waals surface area contributed by atoms with Gasteiger partial charge in [0.1, 0.15) is 22.8 Å². The molecule has 0 aliphatic carbocycles. The van der Waals surface area contributed by atoms with Crippen LogP contribution in [0.25, 0.3) is 0 Å². The van der Waals surface area contributed by atoms with Crippen LogP contribution >= 0.6 is 11.8 Å². The highest BCUT2D eigenvalue weighted by Gasteiger charge is 2.35. The third-order valence-electron chi connectivity index (χ3n) is 4.60. The molecule has 1 N–H and O–H groups in total. The number of nitrogens with zero attached hydrogens (tertiary/aromatic N) is 1. The minimum absolute atomic E-state index is 0.106. The second-order valence-electron chi connectivity index (χ2n) is 6.80. The van der Waals surface area contributed by atoms with Gasteiger partial charge < -0.3 is 10.1 Å². The number of anilines is 2. The molecule has 0 spiro atoms. The van der Waals surface area contributed by atoms with Crippen molar-refractivity contribution in [1.82, 2.24) is 0 Å². The average Bonchev–Trinajstić information content (AvgIpc) is 3.16. The summed E-state index contributed by atoms with van der Waals surface area (Å²) in [5.41, 5.74) is 1.09. The van der Waals surface area contributed by atoms with E-state index >= 15 is 0 Å². The number of rotatable bonds is 6. The van der Waals surface area contributed by atoms with Gasteiger partial charge in [-0.05, 0) is 42.0 Å². The van der Waals surface area contributed by atoms with Crippen LogP contribution in [0.15, 0.2) is 72.8 Å². The molecule has 5 nitrogen and oxygen atoms in total. The largest absolute Gasteiger partial charge is 0.484 e. The summed E-state index contributed by atoms with van der Waals surface area (Å²) in [5, 5.41) is 2.21. The number of nitrogens with one attached hydrogen (secondary N) is 1. The number of benzene rings is 3. The standard InChI is InChI=1S/C23H18F2N2O3S/c24-16-9-10-19(25)20(12-16)27-22(29)14-31-23(27)15-5-4-6-17(11-15)26-21(28)13-30-18-7-2-1-3-8-18/h1-12,23H,13-14H2,(H,26,28). The number of carbonyl (C=O) groups excluding carboxylic acids is 2. The maximum Gasteiger partial charge on any atom is 0.262 e. The molecule has 3 aromatic carbocycles. The SMILES string of the molecule is O=C(COc1ccccc1)Nc1cccc(C2SCC(=O)N2c2cc(F)ccc2F)c1. The molecule has 1 fully saturated rings. The van der Waals surface area contributed by atoms with Gasteiger partial charge in [0.25, 0.3) is 5.91 Å². The van der Waals surface area contributed by atoms with Crippen LogP contribution in [0.3, 0.4) is 0 Å². The van der Waals surface area contributed by atoms with Crippen LogP contribution in [0.2, 0.25) is 0 Å². The van der Waals surface area contributed by atoms with E-state index in [1.807, 2.05) is 18.2 Å². The first-order chi connectivity index (χ1) is 15.0. The summed E-state index contributed by atoms with van der Waals surface area (Å²) in [7, 11) is 0. The van der Waals surface area contributed by atoms with Crippen molar-refractivity contribution in [3.8, 4) is 5.75 Å². The molecule has 4 rings (SSSR count). The van der Waals surface area contributed by atoms with Gasteiger partial charge in [-0.3, -0.25) is 14.5 Å². The fourth-order valence-corrected chi connectivity index (χ4v) is 4.39. The van der Waals surface area contributed by atoms with Crippen molar-refractivity contribution in [1.29, 1.82) is 0 Å². The van der Waals surface area contributed by atoms with Crippen LogP contribution in [0.1, 0.15) is 10.9 Å². The van der Waals surface area contributed by atoms with E-state index in [9.17, 15) is 18.4 Å². The summed E-state index contributed by atoms with van der Waals surface area (Å²) < 4.78 is 33.4. The fraction of sp³-hybridized carbons (Fsp3) is 0.130. The van der Waals surface area contributed by atoms with Gasteiger partial charge >= 0.3 is 0 Å². The van der Waals surface area contributed by atoms with Crippen molar-refractivity contribution in [2.45, 2.75) is 5.37 Å². The highest BCUT2D eigenvalue weighted by Crippen LogP contribution is 2.43. The van der Waals surface area contributed by atoms with Gasteiger partial charge in [0, 0.05) is 11.8 Å². The highest BCUT2D eigenvalue weighted by molar-refractivity contribution is 8.00. The lowest BCUT2D eigenvalue weighted by Gasteiger charge is -2.25. The molecule has 1 aliphatic heterocycles. The molecular formula is C23H18F2N2O3S. The Balaban J connectivity index is 1.50. The molecule has 1 saturated heterocycles. The first-order valence-corrected chi connectivity index (χ1v) is 10.5. The minimum atomic E-state index is -0.676. The summed E-state index contributed by atoms with van der Waals surface area (Å²) in [4.78, 5) is 25.9. The molecule has 0 bridgehead atoms. The lowest BCUT2D eigenvalue weighted by molar-refractivity contribution is -0.118. The fourth-order valence-electron chi connectivity index (χ4n) is 3.23. The molecule has 1 aliphatic rings. The zero-order chi connectivity index (χ0) is 21.8. The number of halogens is 2. The van der Waals surface area contributed by atoms with Gasteiger partial charge in [-0.25, -0.2) is 8.78 Å². The number of hydrogen-bond acceptors (Lipinski definition) is 4. The predicted molar refractivity (Wildman–Crippen MR) is 116 cm³/mol.